The topological polar surface area (TPSA) is 68.1 Å². The first-order chi connectivity index (χ1) is 12.9. The van der Waals surface area contributed by atoms with E-state index in [-0.39, 0.29) is 10.8 Å². The Hall–Kier alpha value is -2.58. The summed E-state index contributed by atoms with van der Waals surface area (Å²) in [5.74, 6) is 0.957. The lowest BCUT2D eigenvalue weighted by atomic mass is 10.0. The summed E-state index contributed by atoms with van der Waals surface area (Å²) in [5.41, 5.74) is 1.24. The second-order valence-corrected chi connectivity index (χ2v) is 8.65. The van der Waals surface area contributed by atoms with Gasteiger partial charge in [0.25, 0.3) is 0 Å². The summed E-state index contributed by atoms with van der Waals surface area (Å²) in [6, 6.07) is 13.5. The summed E-state index contributed by atoms with van der Waals surface area (Å²) in [4.78, 5) is 4.71. The number of halogens is 1. The van der Waals surface area contributed by atoms with E-state index in [1.807, 2.05) is 37.4 Å². The second kappa shape index (κ2) is 6.54. The zero-order chi connectivity index (χ0) is 19.2. The lowest BCUT2D eigenvalue weighted by Crippen LogP contribution is -2.49. The zero-order valence-electron chi connectivity index (χ0n) is 15.0. The molecule has 3 aromatic rings. The van der Waals surface area contributed by atoms with E-state index in [9.17, 15) is 12.8 Å². The first-order valence-electron chi connectivity index (χ1n) is 8.59. The van der Waals surface area contributed by atoms with Crippen LogP contribution in [0.4, 0.5) is 4.39 Å². The minimum Gasteiger partial charge on any atom is -0.252 e. The van der Waals surface area contributed by atoms with E-state index < -0.39 is 15.8 Å². The van der Waals surface area contributed by atoms with Crippen molar-refractivity contribution in [3.8, 4) is 11.4 Å². The van der Waals surface area contributed by atoms with Gasteiger partial charge in [-0.25, -0.2) is 17.8 Å². The number of aromatic nitrogens is 3. The van der Waals surface area contributed by atoms with E-state index in [1.165, 1.54) is 22.5 Å². The van der Waals surface area contributed by atoms with E-state index in [2.05, 4.69) is 10.1 Å². The molecule has 0 saturated carbocycles. The highest BCUT2D eigenvalue weighted by Gasteiger charge is 2.40. The molecule has 1 aliphatic heterocycles. The maximum atomic E-state index is 13.4. The number of rotatable bonds is 4. The van der Waals surface area contributed by atoms with Crippen LogP contribution in [0, 0.1) is 12.7 Å². The molecular formula is C19H19FN4O2S. The fourth-order valence-electron chi connectivity index (χ4n) is 3.19. The van der Waals surface area contributed by atoms with Crippen LogP contribution in [0.2, 0.25) is 0 Å². The minimum absolute atomic E-state index is 0.0173. The molecule has 2 heterocycles. The van der Waals surface area contributed by atoms with E-state index in [4.69, 9.17) is 0 Å². The molecule has 1 aliphatic rings. The first-order valence-corrected chi connectivity index (χ1v) is 10.0. The molecule has 140 valence electrons. The van der Waals surface area contributed by atoms with Gasteiger partial charge in [-0.15, -0.1) is 0 Å². The van der Waals surface area contributed by atoms with Crippen molar-refractivity contribution in [2.75, 3.05) is 13.1 Å². The van der Waals surface area contributed by atoms with Crippen LogP contribution in [0.25, 0.3) is 11.4 Å². The SMILES string of the molecule is Cc1cc(S(=O)(=O)N2CC(c3nc(-c4ccccc4)nn3C)C2)ccc1F. The number of hydrogen-bond acceptors (Lipinski definition) is 4. The van der Waals surface area contributed by atoms with Gasteiger partial charge in [0, 0.05) is 31.6 Å². The summed E-state index contributed by atoms with van der Waals surface area (Å²) in [6.45, 7) is 2.22. The molecule has 6 nitrogen and oxygen atoms in total. The second-order valence-electron chi connectivity index (χ2n) is 6.71. The highest BCUT2D eigenvalue weighted by Crippen LogP contribution is 2.32. The van der Waals surface area contributed by atoms with Crippen molar-refractivity contribution in [3.63, 3.8) is 0 Å². The van der Waals surface area contributed by atoms with Crippen LogP contribution in [0.5, 0.6) is 0 Å². The molecule has 0 amide bonds. The van der Waals surface area contributed by atoms with Crippen molar-refractivity contribution >= 4 is 10.0 Å². The molecule has 0 bridgehead atoms. The predicted molar refractivity (Wildman–Crippen MR) is 99.1 cm³/mol. The molecule has 1 aromatic heterocycles. The lowest BCUT2D eigenvalue weighted by molar-refractivity contribution is 0.251. The van der Waals surface area contributed by atoms with Crippen LogP contribution in [0.1, 0.15) is 17.3 Å². The Bertz CT molecular complexity index is 1090. The molecule has 27 heavy (non-hydrogen) atoms. The molecule has 0 N–H and O–H groups in total. The van der Waals surface area contributed by atoms with Gasteiger partial charge >= 0.3 is 0 Å². The largest absolute Gasteiger partial charge is 0.252 e. The number of benzene rings is 2. The molecule has 0 spiro atoms. The fraction of sp³-hybridized carbons (Fsp3) is 0.263. The van der Waals surface area contributed by atoms with Crippen LogP contribution in [0.3, 0.4) is 0 Å². The van der Waals surface area contributed by atoms with Gasteiger partial charge in [-0.3, -0.25) is 4.68 Å². The summed E-state index contributed by atoms with van der Waals surface area (Å²) in [6.07, 6.45) is 0. The third kappa shape index (κ3) is 3.15. The van der Waals surface area contributed by atoms with Gasteiger partial charge in [-0.1, -0.05) is 30.3 Å². The Labute approximate surface area is 157 Å². The van der Waals surface area contributed by atoms with E-state index in [1.54, 1.807) is 11.6 Å². The molecule has 0 atom stereocenters. The van der Waals surface area contributed by atoms with Crippen molar-refractivity contribution < 1.29 is 12.8 Å². The highest BCUT2D eigenvalue weighted by atomic mass is 32.2. The normalized spacial score (nSPS) is 15.7. The molecule has 0 aliphatic carbocycles. The predicted octanol–water partition coefficient (Wildman–Crippen LogP) is 2.72. The van der Waals surface area contributed by atoms with Crippen LogP contribution in [-0.4, -0.2) is 40.6 Å². The molecule has 1 fully saturated rings. The maximum Gasteiger partial charge on any atom is 0.243 e. The third-order valence-electron chi connectivity index (χ3n) is 4.81. The van der Waals surface area contributed by atoms with Crippen molar-refractivity contribution in [1.29, 1.82) is 0 Å². The van der Waals surface area contributed by atoms with Gasteiger partial charge in [0.1, 0.15) is 11.6 Å². The van der Waals surface area contributed by atoms with E-state index in [0.29, 0.717) is 24.5 Å². The molecule has 4 rings (SSSR count). The maximum absolute atomic E-state index is 13.4. The Morgan fingerprint density at radius 2 is 1.81 bits per heavy atom. The molecule has 0 radical (unpaired) electrons. The minimum atomic E-state index is -3.63. The van der Waals surface area contributed by atoms with Gasteiger partial charge in [0.05, 0.1) is 4.90 Å². The molecule has 2 aromatic carbocycles. The fourth-order valence-corrected chi connectivity index (χ4v) is 4.80. The molecule has 8 heteroatoms. The monoisotopic (exact) mass is 386 g/mol. The van der Waals surface area contributed by atoms with Crippen LogP contribution >= 0.6 is 0 Å². The Kier molecular flexibility index (Phi) is 4.32. The van der Waals surface area contributed by atoms with Gasteiger partial charge in [-0.2, -0.15) is 9.40 Å². The van der Waals surface area contributed by atoms with E-state index >= 15 is 0 Å². The number of nitrogens with zero attached hydrogens (tertiary/aromatic N) is 4. The summed E-state index contributed by atoms with van der Waals surface area (Å²) in [7, 11) is -1.82. The summed E-state index contributed by atoms with van der Waals surface area (Å²) < 4.78 is 42.0. The molecule has 0 unspecified atom stereocenters. The van der Waals surface area contributed by atoms with E-state index in [0.717, 1.165) is 11.4 Å². The lowest BCUT2D eigenvalue weighted by Gasteiger charge is -2.37. The van der Waals surface area contributed by atoms with Crippen molar-refractivity contribution in [2.45, 2.75) is 17.7 Å². The van der Waals surface area contributed by atoms with Crippen molar-refractivity contribution in [1.82, 2.24) is 19.1 Å². The quantitative estimate of drug-likeness (QED) is 0.691. The average Bonchev–Trinajstić information content (AvgIpc) is 2.98. The average molecular weight is 386 g/mol. The van der Waals surface area contributed by atoms with Gasteiger partial charge < -0.3 is 0 Å². The summed E-state index contributed by atoms with van der Waals surface area (Å²) >= 11 is 0. The number of sulfonamides is 1. The Balaban J connectivity index is 1.52. The highest BCUT2D eigenvalue weighted by molar-refractivity contribution is 7.89. The number of hydrogen-bond donors (Lipinski definition) is 0. The van der Waals surface area contributed by atoms with Crippen LogP contribution in [-0.2, 0) is 17.1 Å². The van der Waals surface area contributed by atoms with Gasteiger partial charge in [-0.05, 0) is 30.7 Å². The smallest absolute Gasteiger partial charge is 0.243 e. The third-order valence-corrected chi connectivity index (χ3v) is 6.64. The summed E-state index contributed by atoms with van der Waals surface area (Å²) in [5, 5.41) is 4.45. The first kappa shape index (κ1) is 17.8. The zero-order valence-corrected chi connectivity index (χ0v) is 15.8. The van der Waals surface area contributed by atoms with Gasteiger partial charge in [0.2, 0.25) is 10.0 Å². The molecule has 1 saturated heterocycles. The van der Waals surface area contributed by atoms with Crippen molar-refractivity contribution in [2.24, 2.45) is 7.05 Å². The van der Waals surface area contributed by atoms with Crippen LogP contribution in [0.15, 0.2) is 53.4 Å². The Morgan fingerprint density at radius 1 is 1.11 bits per heavy atom. The Morgan fingerprint density at radius 3 is 2.48 bits per heavy atom. The van der Waals surface area contributed by atoms with Gasteiger partial charge in [0.15, 0.2) is 5.82 Å². The molecular weight excluding hydrogens is 367 g/mol. The standard InChI is InChI=1S/C19H19FN4O2S/c1-13-10-16(8-9-17(13)20)27(25,26)24-11-15(12-24)19-21-18(22-23(19)2)14-6-4-3-5-7-14/h3-10,15H,11-12H2,1-2H3. The van der Waals surface area contributed by atoms with Crippen LogP contribution < -0.4 is 0 Å². The van der Waals surface area contributed by atoms with Crippen molar-refractivity contribution in [3.05, 3.63) is 65.7 Å². The number of aryl methyl sites for hydroxylation is 2.